The summed E-state index contributed by atoms with van der Waals surface area (Å²) < 4.78 is 7.37. The third kappa shape index (κ3) is 6.04. The minimum atomic E-state index is -0.880. The van der Waals surface area contributed by atoms with Crippen molar-refractivity contribution in [1.29, 1.82) is 0 Å². The SMILES string of the molecule is [C-]#[N+]c1cccc(-n2nc(C)cc2C(=O)Nc2cccc(C(O)c3ccc(OCc4ccccc4)cc3)c2)c1. The van der Waals surface area contributed by atoms with E-state index in [4.69, 9.17) is 11.3 Å². The molecule has 192 valence electrons. The van der Waals surface area contributed by atoms with Crippen molar-refractivity contribution in [2.45, 2.75) is 19.6 Å². The van der Waals surface area contributed by atoms with Crippen molar-refractivity contribution in [2.24, 2.45) is 0 Å². The maximum absolute atomic E-state index is 13.2. The molecule has 0 bridgehead atoms. The first-order valence-electron chi connectivity index (χ1n) is 12.4. The number of aryl methyl sites for hydroxylation is 1. The molecule has 0 aliphatic rings. The molecule has 0 saturated carbocycles. The van der Waals surface area contributed by atoms with Crippen LogP contribution in [0.2, 0.25) is 0 Å². The second-order valence-corrected chi connectivity index (χ2v) is 9.04. The molecular formula is C32H26N4O3. The lowest BCUT2D eigenvalue weighted by atomic mass is 10.0. The van der Waals surface area contributed by atoms with E-state index in [1.54, 1.807) is 55.5 Å². The number of benzene rings is 4. The number of rotatable bonds is 8. The van der Waals surface area contributed by atoms with Gasteiger partial charge in [-0.25, -0.2) is 9.53 Å². The van der Waals surface area contributed by atoms with E-state index < -0.39 is 6.10 Å². The molecular weight excluding hydrogens is 488 g/mol. The van der Waals surface area contributed by atoms with Gasteiger partial charge in [0.25, 0.3) is 5.91 Å². The first-order valence-corrected chi connectivity index (χ1v) is 12.4. The predicted molar refractivity (Wildman–Crippen MR) is 150 cm³/mol. The lowest BCUT2D eigenvalue weighted by molar-refractivity contribution is 0.101. The molecule has 1 unspecified atom stereocenters. The second-order valence-electron chi connectivity index (χ2n) is 9.04. The molecule has 0 radical (unpaired) electrons. The van der Waals surface area contributed by atoms with E-state index in [-0.39, 0.29) is 5.91 Å². The molecule has 0 aliphatic carbocycles. The Bertz CT molecular complexity index is 1640. The third-order valence-corrected chi connectivity index (χ3v) is 6.17. The number of aliphatic hydroxyl groups is 1. The van der Waals surface area contributed by atoms with Gasteiger partial charge in [-0.2, -0.15) is 5.10 Å². The molecule has 0 aliphatic heterocycles. The van der Waals surface area contributed by atoms with E-state index in [0.717, 1.165) is 5.56 Å². The maximum atomic E-state index is 13.2. The van der Waals surface area contributed by atoms with Crippen LogP contribution in [0.4, 0.5) is 11.4 Å². The Kier molecular flexibility index (Phi) is 7.48. The van der Waals surface area contributed by atoms with Crippen LogP contribution in [0.15, 0.2) is 109 Å². The van der Waals surface area contributed by atoms with Crippen molar-refractivity contribution in [2.75, 3.05) is 5.32 Å². The smallest absolute Gasteiger partial charge is 0.274 e. The number of anilines is 1. The number of nitrogens with zero attached hydrogens (tertiary/aromatic N) is 3. The fraction of sp³-hybridized carbons (Fsp3) is 0.0938. The number of carbonyl (C=O) groups is 1. The Labute approximate surface area is 226 Å². The predicted octanol–water partition coefficient (Wildman–Crippen LogP) is 6.64. The van der Waals surface area contributed by atoms with Gasteiger partial charge >= 0.3 is 0 Å². The van der Waals surface area contributed by atoms with Crippen molar-refractivity contribution in [3.63, 3.8) is 0 Å². The monoisotopic (exact) mass is 514 g/mol. The Morgan fingerprint density at radius 2 is 1.72 bits per heavy atom. The highest BCUT2D eigenvalue weighted by Gasteiger charge is 2.17. The first kappa shape index (κ1) is 25.5. The van der Waals surface area contributed by atoms with Gasteiger partial charge < -0.3 is 15.2 Å². The summed E-state index contributed by atoms with van der Waals surface area (Å²) in [4.78, 5) is 16.7. The number of amides is 1. The molecule has 4 aromatic carbocycles. The molecule has 0 spiro atoms. The molecule has 1 aromatic heterocycles. The Hall–Kier alpha value is -5.19. The summed E-state index contributed by atoms with van der Waals surface area (Å²) >= 11 is 0. The van der Waals surface area contributed by atoms with E-state index >= 15 is 0 Å². The van der Waals surface area contributed by atoms with E-state index in [0.29, 0.717) is 51.9 Å². The number of carbonyl (C=O) groups excluding carboxylic acids is 1. The summed E-state index contributed by atoms with van der Waals surface area (Å²) in [5.41, 5.74) is 5.07. The highest BCUT2D eigenvalue weighted by Crippen LogP contribution is 2.27. The molecule has 1 atom stereocenters. The largest absolute Gasteiger partial charge is 0.489 e. The first-order chi connectivity index (χ1) is 19.0. The number of hydrogen-bond donors (Lipinski definition) is 2. The van der Waals surface area contributed by atoms with Gasteiger partial charge in [-0.1, -0.05) is 66.7 Å². The molecule has 5 rings (SSSR count). The minimum absolute atomic E-state index is 0.340. The fourth-order valence-electron chi connectivity index (χ4n) is 4.21. The molecule has 7 nitrogen and oxygen atoms in total. The molecule has 7 heteroatoms. The molecule has 2 N–H and O–H groups in total. The zero-order valence-electron chi connectivity index (χ0n) is 21.3. The summed E-state index contributed by atoms with van der Waals surface area (Å²) in [5, 5.41) is 18.4. The Morgan fingerprint density at radius 3 is 2.49 bits per heavy atom. The van der Waals surface area contributed by atoms with Crippen LogP contribution in [-0.2, 0) is 6.61 Å². The van der Waals surface area contributed by atoms with Gasteiger partial charge in [0.2, 0.25) is 0 Å². The van der Waals surface area contributed by atoms with Gasteiger partial charge in [-0.15, -0.1) is 0 Å². The summed E-state index contributed by atoms with van der Waals surface area (Å²) in [7, 11) is 0. The van der Waals surface area contributed by atoms with E-state index in [9.17, 15) is 9.90 Å². The molecule has 0 saturated heterocycles. The summed E-state index contributed by atoms with van der Waals surface area (Å²) in [6.45, 7) is 9.54. The number of nitrogens with one attached hydrogen (secondary N) is 1. The van der Waals surface area contributed by atoms with Crippen molar-refractivity contribution in [1.82, 2.24) is 9.78 Å². The second kappa shape index (κ2) is 11.5. The number of aromatic nitrogens is 2. The van der Waals surface area contributed by atoms with E-state index in [1.807, 2.05) is 60.7 Å². The van der Waals surface area contributed by atoms with Crippen LogP contribution in [0, 0.1) is 13.5 Å². The van der Waals surface area contributed by atoms with Crippen LogP contribution >= 0.6 is 0 Å². The molecule has 39 heavy (non-hydrogen) atoms. The van der Waals surface area contributed by atoms with E-state index in [2.05, 4.69) is 15.3 Å². The Balaban J connectivity index is 1.29. The molecule has 1 heterocycles. The third-order valence-electron chi connectivity index (χ3n) is 6.17. The van der Waals surface area contributed by atoms with Gasteiger partial charge in [0.05, 0.1) is 18.0 Å². The normalized spacial score (nSPS) is 11.4. The zero-order valence-corrected chi connectivity index (χ0v) is 21.3. The quantitative estimate of drug-likeness (QED) is 0.227. The maximum Gasteiger partial charge on any atom is 0.274 e. The van der Waals surface area contributed by atoms with Crippen molar-refractivity contribution in [3.05, 3.63) is 149 Å². The highest BCUT2D eigenvalue weighted by molar-refractivity contribution is 6.03. The summed E-state index contributed by atoms with van der Waals surface area (Å²) in [5.74, 6) is 0.361. The van der Waals surface area contributed by atoms with Crippen LogP contribution in [0.5, 0.6) is 5.75 Å². The van der Waals surface area contributed by atoms with Crippen LogP contribution in [0.3, 0.4) is 0 Å². The lowest BCUT2D eigenvalue weighted by Gasteiger charge is -2.14. The van der Waals surface area contributed by atoms with Gasteiger partial charge in [-0.05, 0) is 66.1 Å². The van der Waals surface area contributed by atoms with Crippen molar-refractivity contribution >= 4 is 17.3 Å². The molecule has 0 fully saturated rings. The highest BCUT2D eigenvalue weighted by atomic mass is 16.5. The molecule has 1 amide bonds. The Morgan fingerprint density at radius 1 is 0.949 bits per heavy atom. The summed E-state index contributed by atoms with van der Waals surface area (Å²) in [6.07, 6.45) is -0.880. The number of hydrogen-bond acceptors (Lipinski definition) is 4. The molecule has 5 aromatic rings. The zero-order chi connectivity index (χ0) is 27.2. The lowest BCUT2D eigenvalue weighted by Crippen LogP contribution is -2.17. The van der Waals surface area contributed by atoms with Crippen LogP contribution in [0.1, 0.15) is 39.0 Å². The van der Waals surface area contributed by atoms with Crippen LogP contribution in [0.25, 0.3) is 10.5 Å². The van der Waals surface area contributed by atoms with Crippen LogP contribution < -0.4 is 10.1 Å². The average molecular weight is 515 g/mol. The van der Waals surface area contributed by atoms with Crippen LogP contribution in [-0.4, -0.2) is 20.8 Å². The average Bonchev–Trinajstić information content (AvgIpc) is 3.38. The van der Waals surface area contributed by atoms with Gasteiger partial charge in [0, 0.05) is 5.69 Å². The topological polar surface area (TPSA) is 80.7 Å². The van der Waals surface area contributed by atoms with Crippen molar-refractivity contribution < 1.29 is 14.6 Å². The van der Waals surface area contributed by atoms with Gasteiger partial charge in [-0.3, -0.25) is 4.79 Å². The number of aliphatic hydroxyl groups excluding tert-OH is 1. The fourth-order valence-corrected chi connectivity index (χ4v) is 4.21. The minimum Gasteiger partial charge on any atom is -0.489 e. The van der Waals surface area contributed by atoms with Crippen molar-refractivity contribution in [3.8, 4) is 11.4 Å². The van der Waals surface area contributed by atoms with Gasteiger partial charge in [0.15, 0.2) is 5.69 Å². The number of ether oxygens (including phenoxy) is 1. The standard InChI is InChI=1S/C32H26N4O3/c1-22-18-30(36(35-22)28-13-7-11-26(20-28)33-2)32(38)34-27-12-6-10-25(19-27)31(37)24-14-16-29(17-15-24)39-21-23-8-4-3-5-9-23/h3-20,31,37H,21H2,1H3,(H,34,38). The van der Waals surface area contributed by atoms with E-state index in [1.165, 1.54) is 4.68 Å². The summed E-state index contributed by atoms with van der Waals surface area (Å²) in [6, 6.07) is 33.0. The van der Waals surface area contributed by atoms with Gasteiger partial charge in [0.1, 0.15) is 24.2 Å².